The second kappa shape index (κ2) is 10.3. The molecule has 0 saturated carbocycles. The third kappa shape index (κ3) is 5.39. The first-order valence-electron chi connectivity index (χ1n) is 10.5. The van der Waals surface area contributed by atoms with Gasteiger partial charge in [0.1, 0.15) is 6.61 Å². The van der Waals surface area contributed by atoms with Crippen LogP contribution in [-0.4, -0.2) is 22.4 Å². The van der Waals surface area contributed by atoms with Crippen molar-refractivity contribution in [1.29, 1.82) is 0 Å². The van der Waals surface area contributed by atoms with E-state index in [0.29, 0.717) is 17.1 Å². The minimum absolute atomic E-state index is 0.0314. The number of benzene rings is 3. The lowest BCUT2D eigenvalue weighted by molar-refractivity contribution is -0.384. The lowest BCUT2D eigenvalue weighted by Crippen LogP contribution is -1.98. The number of aromatic nitrogens is 1. The van der Waals surface area contributed by atoms with Crippen LogP contribution in [0.1, 0.15) is 21.5 Å². The van der Waals surface area contributed by atoms with E-state index in [1.165, 1.54) is 18.2 Å². The number of non-ortho nitro benzene ring substituents is 1. The summed E-state index contributed by atoms with van der Waals surface area (Å²) >= 11 is 0. The van der Waals surface area contributed by atoms with E-state index >= 15 is 0 Å². The number of hydrogen-bond acceptors (Lipinski definition) is 5. The average Bonchev–Trinajstić information content (AvgIpc) is 3.41. The summed E-state index contributed by atoms with van der Waals surface area (Å²) in [7, 11) is 1.54. The number of nitro groups is 1. The van der Waals surface area contributed by atoms with Gasteiger partial charge in [-0.05, 0) is 77.9 Å². The molecule has 1 heterocycles. The van der Waals surface area contributed by atoms with Crippen LogP contribution < -0.4 is 9.47 Å². The number of nitrogens with zero attached hydrogens (tertiary/aromatic N) is 2. The molecule has 0 unspecified atom stereocenters. The maximum Gasteiger partial charge on any atom is 0.269 e. The second-order valence-corrected chi connectivity index (χ2v) is 7.46. The molecule has 0 fully saturated rings. The van der Waals surface area contributed by atoms with Crippen molar-refractivity contribution in [3.8, 4) is 17.2 Å². The lowest BCUT2D eigenvalue weighted by atomic mass is 10.1. The molecule has 0 bridgehead atoms. The number of carbonyl (C=O) groups excluding carboxylic acids is 1. The van der Waals surface area contributed by atoms with Crippen LogP contribution in [-0.2, 0) is 6.61 Å². The van der Waals surface area contributed by atoms with Gasteiger partial charge in [-0.1, -0.05) is 12.1 Å². The molecule has 0 aliphatic heterocycles. The molecule has 0 amide bonds. The van der Waals surface area contributed by atoms with Crippen LogP contribution in [0.3, 0.4) is 0 Å². The van der Waals surface area contributed by atoms with E-state index in [2.05, 4.69) is 0 Å². The fourth-order valence-electron chi connectivity index (χ4n) is 3.35. The van der Waals surface area contributed by atoms with E-state index in [-0.39, 0.29) is 18.1 Å². The van der Waals surface area contributed by atoms with E-state index in [1.54, 1.807) is 49.6 Å². The Hall–Kier alpha value is -4.65. The van der Waals surface area contributed by atoms with Crippen molar-refractivity contribution in [3.05, 3.63) is 124 Å². The summed E-state index contributed by atoms with van der Waals surface area (Å²) in [6.45, 7) is 0.237. The van der Waals surface area contributed by atoms with Crippen LogP contribution in [0.5, 0.6) is 11.5 Å². The Morgan fingerprint density at radius 2 is 1.68 bits per heavy atom. The van der Waals surface area contributed by atoms with Crippen LogP contribution in [0, 0.1) is 10.1 Å². The van der Waals surface area contributed by atoms with Crippen molar-refractivity contribution in [2.45, 2.75) is 6.61 Å². The Kier molecular flexibility index (Phi) is 6.84. The standard InChI is InChI=1S/C27H22N2O5/c1-33-27-18-20(7-15-26(27)34-19-21-4-10-24(11-5-21)29(31)32)6-14-25(30)22-8-12-23(13-9-22)28-16-2-3-17-28/h2-18H,19H2,1H3/b14-6+. The number of carbonyl (C=O) groups is 1. The van der Waals surface area contributed by atoms with Crippen molar-refractivity contribution >= 4 is 17.5 Å². The Morgan fingerprint density at radius 1 is 0.971 bits per heavy atom. The first-order valence-corrected chi connectivity index (χ1v) is 10.5. The number of ether oxygens (including phenoxy) is 2. The van der Waals surface area contributed by atoms with Gasteiger partial charge in [0.2, 0.25) is 0 Å². The third-order valence-electron chi connectivity index (χ3n) is 5.21. The Bertz CT molecular complexity index is 1310. The minimum atomic E-state index is -0.441. The van der Waals surface area contributed by atoms with Crippen molar-refractivity contribution < 1.29 is 19.2 Å². The van der Waals surface area contributed by atoms with Gasteiger partial charge in [-0.15, -0.1) is 0 Å². The lowest BCUT2D eigenvalue weighted by Gasteiger charge is -2.11. The van der Waals surface area contributed by atoms with Crippen LogP contribution >= 0.6 is 0 Å². The van der Waals surface area contributed by atoms with Gasteiger partial charge < -0.3 is 14.0 Å². The van der Waals surface area contributed by atoms with Crippen LogP contribution in [0.25, 0.3) is 11.8 Å². The van der Waals surface area contributed by atoms with Gasteiger partial charge in [0.15, 0.2) is 17.3 Å². The highest BCUT2D eigenvalue weighted by atomic mass is 16.6. The molecular weight excluding hydrogens is 432 g/mol. The smallest absolute Gasteiger partial charge is 0.269 e. The molecule has 4 rings (SSSR count). The highest BCUT2D eigenvalue weighted by molar-refractivity contribution is 6.06. The Labute approximate surface area is 196 Å². The first kappa shape index (κ1) is 22.5. The zero-order valence-electron chi connectivity index (χ0n) is 18.5. The van der Waals surface area contributed by atoms with Gasteiger partial charge in [-0.2, -0.15) is 0 Å². The molecule has 7 heteroatoms. The fraction of sp³-hybridized carbons (Fsp3) is 0.0741. The van der Waals surface area contributed by atoms with Gasteiger partial charge in [0.05, 0.1) is 12.0 Å². The molecule has 170 valence electrons. The largest absolute Gasteiger partial charge is 0.493 e. The normalized spacial score (nSPS) is 10.9. The fourth-order valence-corrected chi connectivity index (χ4v) is 3.35. The maximum absolute atomic E-state index is 12.6. The molecule has 0 radical (unpaired) electrons. The Morgan fingerprint density at radius 3 is 2.32 bits per heavy atom. The van der Waals surface area contributed by atoms with Gasteiger partial charge in [0.25, 0.3) is 5.69 Å². The van der Waals surface area contributed by atoms with Crippen molar-refractivity contribution in [2.75, 3.05) is 7.11 Å². The van der Waals surface area contributed by atoms with E-state index in [0.717, 1.165) is 16.8 Å². The molecule has 34 heavy (non-hydrogen) atoms. The molecule has 0 aliphatic rings. The molecule has 0 spiro atoms. The van der Waals surface area contributed by atoms with Gasteiger partial charge in [0, 0.05) is 35.8 Å². The maximum atomic E-state index is 12.6. The van der Waals surface area contributed by atoms with E-state index in [1.807, 2.05) is 47.3 Å². The van der Waals surface area contributed by atoms with Crippen molar-refractivity contribution in [2.24, 2.45) is 0 Å². The first-order chi connectivity index (χ1) is 16.5. The van der Waals surface area contributed by atoms with Gasteiger partial charge in [-0.25, -0.2) is 0 Å². The predicted octanol–water partition coefficient (Wildman–Crippen LogP) is 5.87. The molecule has 0 aliphatic carbocycles. The third-order valence-corrected chi connectivity index (χ3v) is 5.21. The summed E-state index contributed by atoms with van der Waals surface area (Å²) in [5, 5.41) is 10.8. The number of nitro benzene ring substituents is 1. The molecule has 1 aromatic heterocycles. The monoisotopic (exact) mass is 454 g/mol. The summed E-state index contributed by atoms with van der Waals surface area (Å²) in [6, 6.07) is 22.9. The highest BCUT2D eigenvalue weighted by Crippen LogP contribution is 2.29. The van der Waals surface area contributed by atoms with Crippen LogP contribution in [0.15, 0.2) is 97.3 Å². The van der Waals surface area contributed by atoms with Gasteiger partial charge in [-0.3, -0.25) is 14.9 Å². The second-order valence-electron chi connectivity index (χ2n) is 7.46. The average molecular weight is 454 g/mol. The van der Waals surface area contributed by atoms with Crippen molar-refractivity contribution in [1.82, 2.24) is 4.57 Å². The molecule has 0 N–H and O–H groups in total. The van der Waals surface area contributed by atoms with Crippen molar-refractivity contribution in [3.63, 3.8) is 0 Å². The number of methoxy groups -OCH3 is 1. The van der Waals surface area contributed by atoms with Crippen LogP contribution in [0.4, 0.5) is 5.69 Å². The predicted molar refractivity (Wildman–Crippen MR) is 130 cm³/mol. The molecule has 0 atom stereocenters. The molecule has 7 nitrogen and oxygen atoms in total. The van der Waals surface area contributed by atoms with E-state index in [9.17, 15) is 14.9 Å². The molecule has 0 saturated heterocycles. The van der Waals surface area contributed by atoms with E-state index < -0.39 is 4.92 Å². The summed E-state index contributed by atoms with van der Waals surface area (Å²) in [6.07, 6.45) is 7.15. The zero-order chi connectivity index (χ0) is 23.9. The molecule has 3 aromatic carbocycles. The number of rotatable bonds is 9. The summed E-state index contributed by atoms with van der Waals surface area (Å²) in [5.41, 5.74) is 3.20. The molecule has 4 aromatic rings. The number of allylic oxidation sites excluding steroid dienone is 1. The summed E-state index contributed by atoms with van der Waals surface area (Å²) < 4.78 is 13.2. The topological polar surface area (TPSA) is 83.6 Å². The quantitative estimate of drug-likeness (QED) is 0.137. The van der Waals surface area contributed by atoms with Crippen LogP contribution in [0.2, 0.25) is 0 Å². The molecular formula is C27H22N2O5. The van der Waals surface area contributed by atoms with E-state index in [4.69, 9.17) is 9.47 Å². The number of hydrogen-bond donors (Lipinski definition) is 0. The zero-order valence-corrected chi connectivity index (χ0v) is 18.5. The van der Waals surface area contributed by atoms with Gasteiger partial charge >= 0.3 is 0 Å². The summed E-state index contributed by atoms with van der Waals surface area (Å²) in [5.74, 6) is 0.953. The SMILES string of the molecule is COc1cc(/C=C/C(=O)c2ccc(-n3cccc3)cc2)ccc1OCc1ccc([N+](=O)[O-])cc1. The minimum Gasteiger partial charge on any atom is -0.493 e. The highest BCUT2D eigenvalue weighted by Gasteiger charge is 2.08. The number of ketones is 1. The summed E-state index contributed by atoms with van der Waals surface area (Å²) in [4.78, 5) is 22.9. The Balaban J connectivity index is 1.40.